The highest BCUT2D eigenvalue weighted by Gasteiger charge is 2.21. The second-order valence-corrected chi connectivity index (χ2v) is 7.94. The van der Waals surface area contributed by atoms with Crippen LogP contribution in [0.5, 0.6) is 0 Å². The van der Waals surface area contributed by atoms with Crippen molar-refractivity contribution in [3.63, 3.8) is 0 Å². The molecule has 10 heteroatoms. The van der Waals surface area contributed by atoms with E-state index in [1.165, 1.54) is 6.20 Å². The molecule has 1 aliphatic heterocycles. The Kier molecular flexibility index (Phi) is 5.98. The third kappa shape index (κ3) is 4.49. The lowest BCUT2D eigenvalue weighted by Gasteiger charge is -2.26. The number of nitrogens with one attached hydrogen (secondary N) is 1. The number of hydrogen-bond acceptors (Lipinski definition) is 7. The van der Waals surface area contributed by atoms with E-state index in [9.17, 15) is 14.7 Å². The number of amides is 1. The summed E-state index contributed by atoms with van der Waals surface area (Å²) in [4.78, 5) is 35.3. The first-order valence-electron chi connectivity index (χ1n) is 10.8. The van der Waals surface area contributed by atoms with Gasteiger partial charge in [-0.3, -0.25) is 14.9 Å². The molecule has 0 radical (unpaired) electrons. The largest absolute Gasteiger partial charge is 0.476 e. The Balaban J connectivity index is 1.47. The first-order chi connectivity index (χ1) is 16.6. The molecule has 3 aromatic heterocycles. The molecule has 1 aromatic carbocycles. The molecule has 0 unspecified atom stereocenters. The highest BCUT2D eigenvalue weighted by Crippen LogP contribution is 2.27. The molecule has 0 spiro atoms. The number of morpholine rings is 1. The maximum absolute atomic E-state index is 12.8. The van der Waals surface area contributed by atoms with Gasteiger partial charge in [0, 0.05) is 49.2 Å². The molecular weight excluding hydrogens is 436 g/mol. The Hall–Kier alpha value is -4.15. The van der Waals surface area contributed by atoms with Gasteiger partial charge < -0.3 is 15.2 Å². The number of carboxylic acid groups (broad SMARTS) is 1. The number of aromatic nitrogens is 4. The second kappa shape index (κ2) is 9.38. The molecule has 0 atom stereocenters. The van der Waals surface area contributed by atoms with Crippen LogP contribution in [0.25, 0.3) is 22.0 Å². The summed E-state index contributed by atoms with van der Waals surface area (Å²) in [7, 11) is 0. The van der Waals surface area contributed by atoms with Crippen LogP contribution < -0.4 is 5.32 Å². The third-order valence-electron chi connectivity index (χ3n) is 5.63. The summed E-state index contributed by atoms with van der Waals surface area (Å²) >= 11 is 0. The van der Waals surface area contributed by atoms with Crippen LogP contribution in [0, 0.1) is 0 Å². The molecular formula is C24H22N6O4. The van der Waals surface area contributed by atoms with Gasteiger partial charge in [0.25, 0.3) is 0 Å². The number of hydrogen-bond donors (Lipinski definition) is 2. The number of benzene rings is 1. The number of aromatic carboxylic acids is 1. The van der Waals surface area contributed by atoms with E-state index in [0.29, 0.717) is 16.6 Å². The van der Waals surface area contributed by atoms with Crippen molar-refractivity contribution in [1.82, 2.24) is 24.6 Å². The lowest BCUT2D eigenvalue weighted by atomic mass is 10.0. The SMILES string of the molecule is O=C(O)c1nn(C(=O)Nc2cccnc2)c2ccc(-c3cncc(CN4CCOCC4)c3)cc12. The Labute approximate surface area is 194 Å². The fraction of sp³-hybridized carbons (Fsp3) is 0.208. The number of ether oxygens (including phenoxy) is 1. The van der Waals surface area contributed by atoms with Crippen LogP contribution in [0.2, 0.25) is 0 Å². The zero-order chi connectivity index (χ0) is 23.5. The Bertz CT molecular complexity index is 1350. The van der Waals surface area contributed by atoms with Gasteiger partial charge in [0.2, 0.25) is 0 Å². The van der Waals surface area contributed by atoms with E-state index >= 15 is 0 Å². The predicted molar refractivity (Wildman–Crippen MR) is 125 cm³/mol. The maximum Gasteiger partial charge on any atom is 0.357 e. The smallest absolute Gasteiger partial charge is 0.357 e. The topological polar surface area (TPSA) is 122 Å². The molecule has 34 heavy (non-hydrogen) atoms. The van der Waals surface area contributed by atoms with Crippen molar-refractivity contribution in [1.29, 1.82) is 0 Å². The van der Waals surface area contributed by atoms with Crippen LogP contribution in [-0.2, 0) is 11.3 Å². The molecule has 1 amide bonds. The van der Waals surface area contributed by atoms with Gasteiger partial charge in [-0.25, -0.2) is 9.59 Å². The molecule has 5 rings (SSSR count). The van der Waals surface area contributed by atoms with E-state index < -0.39 is 12.0 Å². The molecule has 1 saturated heterocycles. The number of pyridine rings is 2. The number of rotatable bonds is 5. The summed E-state index contributed by atoms with van der Waals surface area (Å²) in [5.74, 6) is -1.21. The quantitative estimate of drug-likeness (QED) is 0.468. The van der Waals surface area contributed by atoms with Gasteiger partial charge in [-0.05, 0) is 41.5 Å². The molecule has 4 aromatic rings. The summed E-state index contributed by atoms with van der Waals surface area (Å²) in [5.41, 5.74) is 3.38. The predicted octanol–water partition coefficient (Wildman–Crippen LogP) is 3.10. The van der Waals surface area contributed by atoms with E-state index in [2.05, 4.69) is 25.3 Å². The number of nitrogens with zero attached hydrogens (tertiary/aromatic N) is 5. The standard InChI is InChI=1S/C24H22N6O4/c31-23(32)22-20-11-17(18-10-16(12-26-13-18)15-29-6-8-34-9-7-29)3-4-21(20)30(28-22)24(33)27-19-2-1-5-25-14-19/h1-5,10-14H,6-9,15H2,(H,27,33)(H,31,32). The van der Waals surface area contributed by atoms with Crippen LogP contribution in [-0.4, -0.2) is 68.1 Å². The van der Waals surface area contributed by atoms with Crippen molar-refractivity contribution in [3.05, 3.63) is 72.4 Å². The molecule has 1 fully saturated rings. The minimum Gasteiger partial charge on any atom is -0.476 e. The van der Waals surface area contributed by atoms with Crippen molar-refractivity contribution in [2.45, 2.75) is 6.54 Å². The highest BCUT2D eigenvalue weighted by atomic mass is 16.5. The molecule has 0 bridgehead atoms. The van der Waals surface area contributed by atoms with E-state index in [-0.39, 0.29) is 5.69 Å². The van der Waals surface area contributed by atoms with E-state index in [4.69, 9.17) is 4.74 Å². The number of carbonyl (C=O) groups is 2. The van der Waals surface area contributed by atoms with Gasteiger partial charge >= 0.3 is 12.0 Å². The zero-order valence-corrected chi connectivity index (χ0v) is 18.2. The molecule has 172 valence electrons. The summed E-state index contributed by atoms with van der Waals surface area (Å²) < 4.78 is 6.47. The normalized spacial score (nSPS) is 14.2. The zero-order valence-electron chi connectivity index (χ0n) is 18.2. The van der Waals surface area contributed by atoms with E-state index in [0.717, 1.165) is 54.2 Å². The summed E-state index contributed by atoms with van der Waals surface area (Å²) in [6.07, 6.45) is 6.66. The minimum absolute atomic E-state index is 0.199. The van der Waals surface area contributed by atoms with Gasteiger partial charge in [-0.2, -0.15) is 9.78 Å². The van der Waals surface area contributed by atoms with Gasteiger partial charge in [0.1, 0.15) is 0 Å². The lowest BCUT2D eigenvalue weighted by Crippen LogP contribution is -2.35. The molecule has 10 nitrogen and oxygen atoms in total. The van der Waals surface area contributed by atoms with E-state index in [1.807, 2.05) is 18.3 Å². The van der Waals surface area contributed by atoms with Crippen LogP contribution in [0.4, 0.5) is 10.5 Å². The first kappa shape index (κ1) is 21.7. The van der Waals surface area contributed by atoms with Crippen LogP contribution in [0.15, 0.2) is 61.2 Å². The number of anilines is 1. The molecule has 0 saturated carbocycles. The van der Waals surface area contributed by atoms with Crippen molar-refractivity contribution < 1.29 is 19.4 Å². The molecule has 2 N–H and O–H groups in total. The number of fused-ring (bicyclic) bond motifs is 1. The van der Waals surface area contributed by atoms with Crippen LogP contribution >= 0.6 is 0 Å². The highest BCUT2D eigenvalue weighted by molar-refractivity contribution is 6.06. The Morgan fingerprint density at radius 2 is 1.88 bits per heavy atom. The molecule has 4 heterocycles. The summed E-state index contributed by atoms with van der Waals surface area (Å²) in [5, 5.41) is 16.8. The molecule has 1 aliphatic rings. The Morgan fingerprint density at radius 1 is 1.03 bits per heavy atom. The average molecular weight is 458 g/mol. The van der Waals surface area contributed by atoms with Gasteiger partial charge in [-0.15, -0.1) is 0 Å². The summed E-state index contributed by atoms with van der Waals surface area (Å²) in [6, 6.07) is 10.1. The lowest BCUT2D eigenvalue weighted by molar-refractivity contribution is 0.0341. The Morgan fingerprint density at radius 3 is 2.65 bits per heavy atom. The van der Waals surface area contributed by atoms with Crippen LogP contribution in [0.1, 0.15) is 16.1 Å². The number of carboxylic acids is 1. The van der Waals surface area contributed by atoms with Crippen molar-refractivity contribution in [2.75, 3.05) is 31.6 Å². The van der Waals surface area contributed by atoms with Crippen LogP contribution in [0.3, 0.4) is 0 Å². The maximum atomic E-state index is 12.8. The fourth-order valence-corrected chi connectivity index (χ4v) is 3.97. The van der Waals surface area contributed by atoms with Crippen molar-refractivity contribution >= 4 is 28.6 Å². The summed E-state index contributed by atoms with van der Waals surface area (Å²) in [6.45, 7) is 3.95. The van der Waals surface area contributed by atoms with Gasteiger partial charge in [0.15, 0.2) is 5.69 Å². The second-order valence-electron chi connectivity index (χ2n) is 7.94. The minimum atomic E-state index is -1.21. The van der Waals surface area contributed by atoms with Gasteiger partial charge in [-0.1, -0.05) is 6.07 Å². The first-order valence-corrected chi connectivity index (χ1v) is 10.8. The number of carbonyl (C=O) groups excluding carboxylic acids is 1. The fourth-order valence-electron chi connectivity index (χ4n) is 3.97. The van der Waals surface area contributed by atoms with Gasteiger partial charge in [0.05, 0.1) is 30.6 Å². The van der Waals surface area contributed by atoms with Crippen molar-refractivity contribution in [2.24, 2.45) is 0 Å². The average Bonchev–Trinajstić information content (AvgIpc) is 3.25. The molecule has 0 aliphatic carbocycles. The van der Waals surface area contributed by atoms with E-state index in [1.54, 1.807) is 36.7 Å². The van der Waals surface area contributed by atoms with Crippen molar-refractivity contribution in [3.8, 4) is 11.1 Å². The monoisotopic (exact) mass is 458 g/mol. The third-order valence-corrected chi connectivity index (χ3v) is 5.63.